The first-order valence-corrected chi connectivity index (χ1v) is 5.80. The van der Waals surface area contributed by atoms with Crippen LogP contribution in [0.3, 0.4) is 0 Å². The van der Waals surface area contributed by atoms with Crippen LogP contribution in [0.4, 0.5) is 0 Å². The molecule has 94 valence electrons. The fourth-order valence-corrected chi connectivity index (χ4v) is 1.56. The predicted octanol–water partition coefficient (Wildman–Crippen LogP) is 0.165. The summed E-state index contributed by atoms with van der Waals surface area (Å²) in [6, 6.07) is 0. The number of primary amides is 1. The second-order valence-corrected chi connectivity index (χ2v) is 4.60. The third kappa shape index (κ3) is 4.47. The Balaban J connectivity index is 2.09. The van der Waals surface area contributed by atoms with Gasteiger partial charge in [-0.25, -0.2) is 0 Å². The summed E-state index contributed by atoms with van der Waals surface area (Å²) in [4.78, 5) is 10.9. The molecule has 0 aliphatic carbocycles. The second-order valence-electron chi connectivity index (χ2n) is 4.60. The lowest BCUT2D eigenvalue weighted by molar-refractivity contribution is -0.123. The average Bonchev–Trinajstić information content (AvgIpc) is 2.26. The van der Waals surface area contributed by atoms with E-state index in [0.29, 0.717) is 19.6 Å². The Labute approximate surface area is 96.5 Å². The summed E-state index contributed by atoms with van der Waals surface area (Å²) in [6.45, 7) is 3.46. The summed E-state index contributed by atoms with van der Waals surface area (Å²) in [5.41, 5.74) is 9.87. The minimum absolute atomic E-state index is 0.200. The number of ether oxygens (including phenoxy) is 2. The Hall–Kier alpha value is -0.650. The Morgan fingerprint density at radius 1 is 1.56 bits per heavy atom. The lowest BCUT2D eigenvalue weighted by Crippen LogP contribution is -2.50. The number of nitrogens with two attached hydrogens (primary N) is 2. The third-order valence-corrected chi connectivity index (χ3v) is 2.91. The molecule has 1 amide bonds. The Morgan fingerprint density at radius 2 is 2.31 bits per heavy atom. The number of carbonyl (C=O) groups excluding carboxylic acids is 1. The number of rotatable bonds is 6. The first-order chi connectivity index (χ1) is 7.52. The van der Waals surface area contributed by atoms with E-state index >= 15 is 0 Å². The summed E-state index contributed by atoms with van der Waals surface area (Å²) < 4.78 is 11.0. The van der Waals surface area contributed by atoms with Crippen molar-refractivity contribution < 1.29 is 14.3 Å². The molecule has 2 atom stereocenters. The van der Waals surface area contributed by atoms with Gasteiger partial charge >= 0.3 is 0 Å². The van der Waals surface area contributed by atoms with Crippen molar-refractivity contribution in [1.82, 2.24) is 0 Å². The van der Waals surface area contributed by atoms with Gasteiger partial charge in [0, 0.05) is 13.2 Å². The topological polar surface area (TPSA) is 87.6 Å². The van der Waals surface area contributed by atoms with Crippen LogP contribution in [0.5, 0.6) is 0 Å². The van der Waals surface area contributed by atoms with Gasteiger partial charge in [-0.15, -0.1) is 0 Å². The molecular weight excluding hydrogens is 208 g/mol. The number of hydrogen-bond acceptors (Lipinski definition) is 4. The number of carbonyl (C=O) groups is 1. The maximum absolute atomic E-state index is 10.9. The summed E-state index contributed by atoms with van der Waals surface area (Å²) in [5, 5.41) is 0. The molecular formula is C11H22N2O3. The van der Waals surface area contributed by atoms with E-state index in [9.17, 15) is 4.79 Å². The smallest absolute Gasteiger partial charge is 0.237 e. The fourth-order valence-electron chi connectivity index (χ4n) is 1.56. The van der Waals surface area contributed by atoms with Crippen LogP contribution in [-0.2, 0) is 14.3 Å². The molecule has 1 aliphatic heterocycles. The molecule has 1 aliphatic rings. The number of hydrogen-bond donors (Lipinski definition) is 2. The lowest BCUT2D eigenvalue weighted by atomic mass is 9.99. The standard InChI is InChI=1S/C11H22N2O3/c1-11(13,10(12)14)5-7-15-8-9-4-2-3-6-16-9/h9H,2-8,13H2,1H3,(H2,12,14). The van der Waals surface area contributed by atoms with Crippen molar-refractivity contribution >= 4 is 5.91 Å². The first kappa shape index (κ1) is 13.4. The monoisotopic (exact) mass is 230 g/mol. The van der Waals surface area contributed by atoms with Gasteiger partial charge in [0.15, 0.2) is 0 Å². The molecule has 5 nitrogen and oxygen atoms in total. The van der Waals surface area contributed by atoms with Crippen molar-refractivity contribution in [2.24, 2.45) is 11.5 Å². The molecule has 2 unspecified atom stereocenters. The van der Waals surface area contributed by atoms with Gasteiger partial charge in [0.25, 0.3) is 0 Å². The zero-order chi connectivity index (χ0) is 12.0. The average molecular weight is 230 g/mol. The Bertz CT molecular complexity index is 225. The highest BCUT2D eigenvalue weighted by molar-refractivity contribution is 5.83. The molecule has 1 fully saturated rings. The summed E-state index contributed by atoms with van der Waals surface area (Å²) in [7, 11) is 0. The normalized spacial score (nSPS) is 25.0. The zero-order valence-corrected chi connectivity index (χ0v) is 9.91. The van der Waals surface area contributed by atoms with Crippen LogP contribution < -0.4 is 11.5 Å². The van der Waals surface area contributed by atoms with Crippen molar-refractivity contribution in [3.63, 3.8) is 0 Å². The van der Waals surface area contributed by atoms with Crippen molar-refractivity contribution in [2.45, 2.75) is 44.2 Å². The molecule has 16 heavy (non-hydrogen) atoms. The van der Waals surface area contributed by atoms with Crippen LogP contribution in [0.2, 0.25) is 0 Å². The highest BCUT2D eigenvalue weighted by Gasteiger charge is 2.25. The zero-order valence-electron chi connectivity index (χ0n) is 9.91. The van der Waals surface area contributed by atoms with E-state index in [1.807, 2.05) is 0 Å². The van der Waals surface area contributed by atoms with Gasteiger partial charge in [0.1, 0.15) is 0 Å². The molecule has 0 aromatic heterocycles. The fraction of sp³-hybridized carbons (Fsp3) is 0.909. The van der Waals surface area contributed by atoms with Gasteiger partial charge < -0.3 is 20.9 Å². The molecule has 1 saturated heterocycles. The van der Waals surface area contributed by atoms with Crippen LogP contribution in [-0.4, -0.2) is 37.4 Å². The number of amides is 1. The minimum atomic E-state index is -0.979. The van der Waals surface area contributed by atoms with E-state index in [2.05, 4.69) is 0 Å². The second kappa shape index (κ2) is 6.18. The maximum Gasteiger partial charge on any atom is 0.237 e. The van der Waals surface area contributed by atoms with Crippen LogP contribution in [0, 0.1) is 0 Å². The molecule has 1 rings (SSSR count). The molecule has 0 aromatic rings. The van der Waals surface area contributed by atoms with E-state index in [1.165, 1.54) is 6.42 Å². The van der Waals surface area contributed by atoms with Gasteiger partial charge in [-0.2, -0.15) is 0 Å². The van der Waals surface area contributed by atoms with E-state index in [0.717, 1.165) is 19.4 Å². The third-order valence-electron chi connectivity index (χ3n) is 2.91. The van der Waals surface area contributed by atoms with E-state index < -0.39 is 11.4 Å². The quantitative estimate of drug-likeness (QED) is 0.636. The predicted molar refractivity (Wildman–Crippen MR) is 60.8 cm³/mol. The SMILES string of the molecule is CC(N)(CCOCC1CCCCO1)C(N)=O. The highest BCUT2D eigenvalue weighted by atomic mass is 16.5. The van der Waals surface area contributed by atoms with Crippen LogP contribution >= 0.6 is 0 Å². The molecule has 1 heterocycles. The molecule has 0 aromatic carbocycles. The van der Waals surface area contributed by atoms with Crippen LogP contribution in [0.25, 0.3) is 0 Å². The van der Waals surface area contributed by atoms with E-state index in [-0.39, 0.29) is 6.10 Å². The largest absolute Gasteiger partial charge is 0.379 e. The first-order valence-electron chi connectivity index (χ1n) is 5.80. The summed E-state index contributed by atoms with van der Waals surface area (Å²) in [5.74, 6) is -0.495. The molecule has 0 saturated carbocycles. The van der Waals surface area contributed by atoms with Crippen LogP contribution in [0.15, 0.2) is 0 Å². The molecule has 0 spiro atoms. The van der Waals surface area contributed by atoms with E-state index in [4.69, 9.17) is 20.9 Å². The summed E-state index contributed by atoms with van der Waals surface area (Å²) >= 11 is 0. The van der Waals surface area contributed by atoms with Crippen molar-refractivity contribution in [1.29, 1.82) is 0 Å². The van der Waals surface area contributed by atoms with Crippen LogP contribution in [0.1, 0.15) is 32.6 Å². The molecule has 0 radical (unpaired) electrons. The van der Waals surface area contributed by atoms with Gasteiger partial charge in [-0.1, -0.05) is 0 Å². The van der Waals surface area contributed by atoms with Gasteiger partial charge in [-0.3, -0.25) is 4.79 Å². The lowest BCUT2D eigenvalue weighted by Gasteiger charge is -2.24. The van der Waals surface area contributed by atoms with Gasteiger partial charge in [-0.05, 0) is 32.6 Å². The Morgan fingerprint density at radius 3 is 2.88 bits per heavy atom. The van der Waals surface area contributed by atoms with Crippen molar-refractivity contribution in [3.8, 4) is 0 Å². The Kier molecular flexibility index (Phi) is 5.18. The van der Waals surface area contributed by atoms with Gasteiger partial charge in [0.05, 0.1) is 18.2 Å². The van der Waals surface area contributed by atoms with Crippen molar-refractivity contribution in [3.05, 3.63) is 0 Å². The highest BCUT2D eigenvalue weighted by Crippen LogP contribution is 2.13. The maximum atomic E-state index is 10.9. The van der Waals surface area contributed by atoms with E-state index in [1.54, 1.807) is 6.92 Å². The summed E-state index contributed by atoms with van der Waals surface area (Å²) in [6.07, 6.45) is 4.03. The molecule has 4 N–H and O–H groups in total. The van der Waals surface area contributed by atoms with Gasteiger partial charge in [0.2, 0.25) is 5.91 Å². The van der Waals surface area contributed by atoms with Crippen molar-refractivity contribution in [2.75, 3.05) is 19.8 Å². The molecule has 0 bridgehead atoms. The minimum Gasteiger partial charge on any atom is -0.379 e. The molecule has 5 heteroatoms.